The third-order valence-corrected chi connectivity index (χ3v) is 4.10. The van der Waals surface area contributed by atoms with Crippen molar-refractivity contribution in [3.05, 3.63) is 83.4 Å². The van der Waals surface area contributed by atoms with Crippen LogP contribution < -0.4 is 14.8 Å². The van der Waals surface area contributed by atoms with Crippen LogP contribution in [0.25, 0.3) is 0 Å². The van der Waals surface area contributed by atoms with Crippen molar-refractivity contribution < 1.29 is 14.3 Å². The zero-order valence-corrected chi connectivity index (χ0v) is 16.0. The number of hydrogen-bond acceptors (Lipinski definition) is 4. The molecule has 0 heterocycles. The molecule has 0 fully saturated rings. The van der Waals surface area contributed by atoms with Crippen molar-refractivity contribution in [1.29, 1.82) is 0 Å². The molecule has 28 heavy (non-hydrogen) atoms. The highest BCUT2D eigenvalue weighted by atomic mass is 35.5. The fraction of sp³-hybridized carbons (Fsp3) is 0.0909. The maximum atomic E-state index is 12.0. The Kier molecular flexibility index (Phi) is 6.65. The molecule has 0 radical (unpaired) electrons. The fourth-order valence-corrected chi connectivity index (χ4v) is 2.64. The van der Waals surface area contributed by atoms with Crippen molar-refractivity contribution in [3.8, 4) is 11.5 Å². The van der Waals surface area contributed by atoms with Gasteiger partial charge in [0.25, 0.3) is 5.91 Å². The van der Waals surface area contributed by atoms with Crippen LogP contribution in [0.15, 0.2) is 77.8 Å². The Balaban J connectivity index is 1.57. The number of halogens is 1. The van der Waals surface area contributed by atoms with Crippen LogP contribution in [0, 0.1) is 0 Å². The summed E-state index contributed by atoms with van der Waals surface area (Å²) < 4.78 is 10.6. The van der Waals surface area contributed by atoms with Crippen LogP contribution >= 0.6 is 11.6 Å². The molecule has 0 aromatic heterocycles. The van der Waals surface area contributed by atoms with E-state index in [9.17, 15) is 4.79 Å². The Hall–Kier alpha value is -3.31. The van der Waals surface area contributed by atoms with Crippen molar-refractivity contribution in [2.75, 3.05) is 19.0 Å². The van der Waals surface area contributed by atoms with Gasteiger partial charge in [0.15, 0.2) is 6.61 Å². The molecule has 0 saturated heterocycles. The topological polar surface area (TPSA) is 59.9 Å². The number of carbonyl (C=O) groups is 1. The lowest BCUT2D eigenvalue weighted by Gasteiger charge is -2.09. The molecule has 0 bridgehead atoms. The van der Waals surface area contributed by atoms with E-state index >= 15 is 0 Å². The molecule has 0 atom stereocenters. The lowest BCUT2D eigenvalue weighted by atomic mass is 10.2. The summed E-state index contributed by atoms with van der Waals surface area (Å²) >= 11 is 6.26. The van der Waals surface area contributed by atoms with E-state index in [1.165, 1.54) is 0 Å². The largest absolute Gasteiger partial charge is 0.497 e. The molecular weight excluding hydrogens is 376 g/mol. The standard InChI is InChI=1S/C22H19ClN2O3/c1-27-19-10-8-17(9-11-19)24-14-16-7-12-21(20(23)13-16)28-15-22(26)25-18-5-3-2-4-6-18/h2-14H,15H2,1H3,(H,25,26). The van der Waals surface area contributed by atoms with Gasteiger partial charge in [-0.05, 0) is 60.2 Å². The van der Waals surface area contributed by atoms with Gasteiger partial charge in [0.1, 0.15) is 11.5 Å². The molecule has 0 aliphatic carbocycles. The van der Waals surface area contributed by atoms with E-state index in [-0.39, 0.29) is 12.5 Å². The van der Waals surface area contributed by atoms with Gasteiger partial charge in [-0.2, -0.15) is 0 Å². The van der Waals surface area contributed by atoms with Crippen molar-refractivity contribution in [1.82, 2.24) is 0 Å². The van der Waals surface area contributed by atoms with Crippen LogP contribution in [-0.4, -0.2) is 25.8 Å². The van der Waals surface area contributed by atoms with E-state index in [0.29, 0.717) is 16.5 Å². The average molecular weight is 395 g/mol. The van der Waals surface area contributed by atoms with Crippen LogP contribution in [0.1, 0.15) is 5.56 Å². The predicted molar refractivity (Wildman–Crippen MR) is 112 cm³/mol. The summed E-state index contributed by atoms with van der Waals surface area (Å²) in [5.41, 5.74) is 2.34. The summed E-state index contributed by atoms with van der Waals surface area (Å²) in [7, 11) is 1.62. The molecule has 1 N–H and O–H groups in total. The lowest BCUT2D eigenvalue weighted by Crippen LogP contribution is -2.20. The fourth-order valence-electron chi connectivity index (χ4n) is 2.39. The zero-order valence-electron chi connectivity index (χ0n) is 15.3. The Morgan fingerprint density at radius 2 is 1.82 bits per heavy atom. The summed E-state index contributed by atoms with van der Waals surface area (Å²) in [4.78, 5) is 16.4. The lowest BCUT2D eigenvalue weighted by molar-refractivity contribution is -0.118. The molecule has 3 aromatic carbocycles. The minimum atomic E-state index is -0.257. The molecule has 5 nitrogen and oxygen atoms in total. The SMILES string of the molecule is COc1ccc(N=Cc2ccc(OCC(=O)Nc3ccccc3)c(Cl)c2)cc1. The molecule has 0 spiro atoms. The highest BCUT2D eigenvalue weighted by Gasteiger charge is 2.07. The van der Waals surface area contributed by atoms with Gasteiger partial charge in [-0.1, -0.05) is 29.8 Å². The second kappa shape index (κ2) is 9.58. The normalized spacial score (nSPS) is 10.6. The Bertz CT molecular complexity index is 957. The van der Waals surface area contributed by atoms with Gasteiger partial charge in [-0.15, -0.1) is 0 Å². The first-order chi connectivity index (χ1) is 13.6. The maximum absolute atomic E-state index is 12.0. The predicted octanol–water partition coefficient (Wildman–Crippen LogP) is 5.12. The van der Waals surface area contributed by atoms with Crippen molar-refractivity contribution in [3.63, 3.8) is 0 Å². The number of rotatable bonds is 7. The number of benzene rings is 3. The first kappa shape index (κ1) is 19.5. The van der Waals surface area contributed by atoms with Crippen LogP contribution in [-0.2, 0) is 4.79 Å². The van der Waals surface area contributed by atoms with Crippen molar-refractivity contribution in [2.24, 2.45) is 4.99 Å². The average Bonchev–Trinajstić information content (AvgIpc) is 2.72. The van der Waals surface area contributed by atoms with Crippen molar-refractivity contribution in [2.45, 2.75) is 0 Å². The van der Waals surface area contributed by atoms with Gasteiger partial charge in [0.05, 0.1) is 17.8 Å². The van der Waals surface area contributed by atoms with E-state index in [1.54, 1.807) is 25.5 Å². The second-order valence-electron chi connectivity index (χ2n) is 5.85. The Labute approximate surface area is 168 Å². The van der Waals surface area contributed by atoms with Crippen LogP contribution in [0.2, 0.25) is 5.02 Å². The summed E-state index contributed by atoms with van der Waals surface area (Å²) in [6, 6.07) is 21.9. The molecule has 0 unspecified atom stereocenters. The minimum absolute atomic E-state index is 0.131. The minimum Gasteiger partial charge on any atom is -0.497 e. The first-order valence-corrected chi connectivity index (χ1v) is 8.97. The van der Waals surface area contributed by atoms with E-state index in [1.807, 2.05) is 60.7 Å². The number of carbonyl (C=O) groups excluding carboxylic acids is 1. The molecule has 6 heteroatoms. The number of nitrogens with one attached hydrogen (secondary N) is 1. The van der Waals surface area contributed by atoms with E-state index in [0.717, 1.165) is 17.0 Å². The highest BCUT2D eigenvalue weighted by molar-refractivity contribution is 6.32. The molecule has 0 aliphatic rings. The van der Waals surface area contributed by atoms with Crippen LogP contribution in [0.5, 0.6) is 11.5 Å². The summed E-state index contributed by atoms with van der Waals surface area (Å²) in [5, 5.41) is 3.16. The molecule has 142 valence electrons. The highest BCUT2D eigenvalue weighted by Crippen LogP contribution is 2.25. The summed E-state index contributed by atoms with van der Waals surface area (Å²) in [5.74, 6) is 0.957. The van der Waals surface area contributed by atoms with Crippen LogP contribution in [0.4, 0.5) is 11.4 Å². The maximum Gasteiger partial charge on any atom is 0.262 e. The number of hydrogen-bond donors (Lipinski definition) is 1. The Morgan fingerprint density at radius 3 is 2.50 bits per heavy atom. The van der Waals surface area contributed by atoms with Gasteiger partial charge in [0, 0.05) is 11.9 Å². The molecular formula is C22H19ClN2O3. The van der Waals surface area contributed by atoms with Gasteiger partial charge in [-0.3, -0.25) is 9.79 Å². The van der Waals surface area contributed by atoms with E-state index < -0.39 is 0 Å². The molecule has 3 rings (SSSR count). The van der Waals surface area contributed by atoms with Gasteiger partial charge in [-0.25, -0.2) is 0 Å². The first-order valence-electron chi connectivity index (χ1n) is 8.59. The van der Waals surface area contributed by atoms with Crippen LogP contribution in [0.3, 0.4) is 0 Å². The number of methoxy groups -OCH3 is 1. The number of amides is 1. The number of nitrogens with zero attached hydrogens (tertiary/aromatic N) is 1. The van der Waals surface area contributed by atoms with Gasteiger partial charge >= 0.3 is 0 Å². The number of para-hydroxylation sites is 1. The molecule has 3 aromatic rings. The van der Waals surface area contributed by atoms with Crippen molar-refractivity contribution >= 4 is 35.1 Å². The smallest absolute Gasteiger partial charge is 0.262 e. The van der Waals surface area contributed by atoms with E-state index in [2.05, 4.69) is 10.3 Å². The van der Waals surface area contributed by atoms with E-state index in [4.69, 9.17) is 21.1 Å². The van der Waals surface area contributed by atoms with Gasteiger partial charge < -0.3 is 14.8 Å². The quantitative estimate of drug-likeness (QED) is 0.566. The Morgan fingerprint density at radius 1 is 1.07 bits per heavy atom. The third-order valence-electron chi connectivity index (χ3n) is 3.81. The number of aliphatic imine (C=N–C) groups is 1. The molecule has 1 amide bonds. The monoisotopic (exact) mass is 394 g/mol. The number of ether oxygens (including phenoxy) is 2. The van der Waals surface area contributed by atoms with Gasteiger partial charge in [0.2, 0.25) is 0 Å². The summed E-state index contributed by atoms with van der Waals surface area (Å²) in [6.07, 6.45) is 1.71. The third kappa shape index (κ3) is 5.59. The number of anilines is 1. The molecule has 0 aliphatic heterocycles. The second-order valence-corrected chi connectivity index (χ2v) is 6.26. The zero-order chi connectivity index (χ0) is 19.8. The molecule has 0 saturated carbocycles. The summed E-state index contributed by atoms with van der Waals surface area (Å²) in [6.45, 7) is -0.131.